The van der Waals surface area contributed by atoms with Gasteiger partial charge in [0.05, 0.1) is 11.4 Å². The van der Waals surface area contributed by atoms with Crippen molar-refractivity contribution in [1.29, 1.82) is 0 Å². The molecule has 3 aromatic rings. The predicted molar refractivity (Wildman–Crippen MR) is 121 cm³/mol. The van der Waals surface area contributed by atoms with Crippen molar-refractivity contribution in [3.05, 3.63) is 78.4 Å². The lowest BCUT2D eigenvalue weighted by Crippen LogP contribution is -2.71. The number of sulfonamides is 1. The van der Waals surface area contributed by atoms with Crippen LogP contribution in [0.4, 0.5) is 4.79 Å². The summed E-state index contributed by atoms with van der Waals surface area (Å²) in [5.74, 6) is -0.837. The third kappa shape index (κ3) is 3.69. The number of carbonyl (C=O) groups is 2. The van der Waals surface area contributed by atoms with Gasteiger partial charge in [-0.1, -0.05) is 60.7 Å². The number of carbonyl (C=O) groups excluding carboxylic acids is 2. The van der Waals surface area contributed by atoms with Crippen LogP contribution in [0.5, 0.6) is 0 Å². The van der Waals surface area contributed by atoms with Crippen LogP contribution in [0.25, 0.3) is 10.8 Å². The van der Waals surface area contributed by atoms with Crippen LogP contribution in [0.1, 0.15) is 5.56 Å². The fourth-order valence-corrected chi connectivity index (χ4v) is 6.10. The first-order chi connectivity index (χ1) is 15.3. The fourth-order valence-electron chi connectivity index (χ4n) is 4.35. The Kier molecular flexibility index (Phi) is 5.62. The molecule has 3 aromatic carbocycles. The number of benzene rings is 3. The molecule has 3 amide bonds. The van der Waals surface area contributed by atoms with Crippen LogP contribution in [0, 0.1) is 0 Å². The molecule has 0 aliphatic carbocycles. The zero-order chi connectivity index (χ0) is 22.9. The van der Waals surface area contributed by atoms with E-state index in [1.54, 1.807) is 18.2 Å². The minimum Gasteiger partial charge on any atom is -0.368 e. The van der Waals surface area contributed by atoms with Crippen LogP contribution in [0.15, 0.2) is 77.7 Å². The van der Waals surface area contributed by atoms with Crippen molar-refractivity contribution in [1.82, 2.24) is 9.21 Å². The van der Waals surface area contributed by atoms with E-state index < -0.39 is 27.5 Å². The van der Waals surface area contributed by atoms with Gasteiger partial charge < -0.3 is 16.4 Å². The fraction of sp³-hybridized carbons (Fsp3) is 0.217. The summed E-state index contributed by atoms with van der Waals surface area (Å²) in [5.41, 5.74) is 10.5. The summed E-state index contributed by atoms with van der Waals surface area (Å²) in [5, 5.41) is 1.83. The van der Waals surface area contributed by atoms with Gasteiger partial charge in [0.1, 0.15) is 5.54 Å². The Morgan fingerprint density at radius 1 is 0.875 bits per heavy atom. The summed E-state index contributed by atoms with van der Waals surface area (Å²) in [4.78, 5) is 26.3. The maximum absolute atomic E-state index is 13.6. The summed E-state index contributed by atoms with van der Waals surface area (Å²) in [6.45, 7) is -0.271. The molecule has 8 nitrogen and oxygen atoms in total. The van der Waals surface area contributed by atoms with E-state index in [4.69, 9.17) is 11.5 Å². The van der Waals surface area contributed by atoms with E-state index in [1.165, 1.54) is 17.0 Å². The number of amides is 3. The molecule has 0 bridgehead atoms. The average molecular weight is 453 g/mol. The summed E-state index contributed by atoms with van der Waals surface area (Å²) in [6, 6.07) is 20.4. The third-order valence-corrected chi connectivity index (χ3v) is 7.95. The van der Waals surface area contributed by atoms with E-state index >= 15 is 0 Å². The smallest absolute Gasteiger partial charge is 0.314 e. The second-order valence-corrected chi connectivity index (χ2v) is 9.72. The number of fused-ring (bicyclic) bond motifs is 1. The topological polar surface area (TPSA) is 127 Å². The van der Waals surface area contributed by atoms with Gasteiger partial charge in [-0.2, -0.15) is 4.31 Å². The van der Waals surface area contributed by atoms with Crippen LogP contribution >= 0.6 is 0 Å². The van der Waals surface area contributed by atoms with Crippen molar-refractivity contribution >= 4 is 32.7 Å². The second-order valence-electron chi connectivity index (χ2n) is 7.86. The molecule has 0 saturated carbocycles. The summed E-state index contributed by atoms with van der Waals surface area (Å²) in [6.07, 6.45) is -0.000466. The van der Waals surface area contributed by atoms with Crippen molar-refractivity contribution in [3.8, 4) is 0 Å². The molecule has 1 aliphatic heterocycles. The summed E-state index contributed by atoms with van der Waals surface area (Å²) >= 11 is 0. The Morgan fingerprint density at radius 2 is 1.53 bits per heavy atom. The van der Waals surface area contributed by atoms with Crippen molar-refractivity contribution in [2.45, 2.75) is 16.9 Å². The van der Waals surface area contributed by atoms with Gasteiger partial charge in [0.2, 0.25) is 15.9 Å². The number of hydrogen-bond donors (Lipinski definition) is 2. The molecule has 166 valence electrons. The number of rotatable bonds is 5. The number of hydrogen-bond acceptors (Lipinski definition) is 4. The number of nitrogens with zero attached hydrogens (tertiary/aromatic N) is 2. The molecule has 1 atom stereocenters. The van der Waals surface area contributed by atoms with Crippen LogP contribution < -0.4 is 11.5 Å². The average Bonchev–Trinajstić information content (AvgIpc) is 2.79. The van der Waals surface area contributed by atoms with Gasteiger partial charge in [0, 0.05) is 19.5 Å². The van der Waals surface area contributed by atoms with Crippen LogP contribution in [0.2, 0.25) is 0 Å². The Balaban J connectivity index is 1.89. The standard InChI is InChI=1S/C23H24N4O4S/c24-21(28)23(15-18-9-6-8-17-7-4-5-12-20(17)18)16-26(22(25)29)13-14-27(23)32(30,31)19-10-2-1-3-11-19/h1-12H,13-16H2,(H2,24,28)(H2,25,29). The third-order valence-electron chi connectivity index (χ3n) is 5.97. The van der Waals surface area contributed by atoms with Gasteiger partial charge >= 0.3 is 6.03 Å². The van der Waals surface area contributed by atoms with Crippen molar-refractivity contribution in [2.75, 3.05) is 19.6 Å². The minimum atomic E-state index is -4.08. The molecule has 0 radical (unpaired) electrons. The van der Waals surface area contributed by atoms with Gasteiger partial charge in [-0.15, -0.1) is 0 Å². The van der Waals surface area contributed by atoms with Crippen LogP contribution in [0.3, 0.4) is 0 Å². The molecule has 32 heavy (non-hydrogen) atoms. The lowest BCUT2D eigenvalue weighted by Gasteiger charge is -2.47. The lowest BCUT2D eigenvalue weighted by atomic mass is 9.85. The molecular weight excluding hydrogens is 428 g/mol. The maximum atomic E-state index is 13.6. The molecular formula is C23H24N4O4S. The Labute approximate surface area is 186 Å². The number of nitrogens with two attached hydrogens (primary N) is 2. The molecule has 0 aromatic heterocycles. The Hall–Kier alpha value is -3.43. The first-order valence-corrected chi connectivity index (χ1v) is 11.6. The van der Waals surface area contributed by atoms with Crippen LogP contribution in [-0.2, 0) is 21.2 Å². The van der Waals surface area contributed by atoms with E-state index in [0.717, 1.165) is 20.6 Å². The largest absolute Gasteiger partial charge is 0.368 e. The zero-order valence-electron chi connectivity index (χ0n) is 17.3. The Morgan fingerprint density at radius 3 is 2.22 bits per heavy atom. The molecule has 4 rings (SSSR count). The first kappa shape index (κ1) is 21.8. The van der Waals surface area contributed by atoms with Gasteiger partial charge in [0.25, 0.3) is 0 Å². The number of primary amides is 2. The van der Waals surface area contributed by atoms with Gasteiger partial charge in [-0.05, 0) is 28.5 Å². The zero-order valence-corrected chi connectivity index (χ0v) is 18.2. The van der Waals surface area contributed by atoms with E-state index in [1.807, 2.05) is 42.5 Å². The molecule has 1 aliphatic rings. The first-order valence-electron chi connectivity index (χ1n) is 10.1. The normalized spacial score (nSPS) is 19.7. The second kappa shape index (κ2) is 8.25. The number of urea groups is 1. The van der Waals surface area contributed by atoms with Crippen LogP contribution in [-0.4, -0.2) is 54.7 Å². The lowest BCUT2D eigenvalue weighted by molar-refractivity contribution is -0.129. The van der Waals surface area contributed by atoms with E-state index in [0.29, 0.717) is 0 Å². The highest BCUT2D eigenvalue weighted by Gasteiger charge is 2.53. The summed E-state index contributed by atoms with van der Waals surface area (Å²) < 4.78 is 28.4. The molecule has 1 saturated heterocycles. The maximum Gasteiger partial charge on any atom is 0.314 e. The van der Waals surface area contributed by atoms with Gasteiger partial charge in [-0.3, -0.25) is 4.79 Å². The SMILES string of the molecule is NC(=O)N1CCN(S(=O)(=O)c2ccccc2)C(Cc2cccc3ccccc23)(C(N)=O)C1. The van der Waals surface area contributed by atoms with E-state index in [-0.39, 0.29) is 31.0 Å². The highest BCUT2D eigenvalue weighted by molar-refractivity contribution is 7.89. The highest BCUT2D eigenvalue weighted by Crippen LogP contribution is 2.34. The molecule has 1 unspecified atom stereocenters. The predicted octanol–water partition coefficient (Wildman–Crippen LogP) is 1.69. The quantitative estimate of drug-likeness (QED) is 0.611. The molecule has 4 N–H and O–H groups in total. The Bertz CT molecular complexity index is 1270. The van der Waals surface area contributed by atoms with Crippen molar-refractivity contribution < 1.29 is 18.0 Å². The van der Waals surface area contributed by atoms with Crippen molar-refractivity contribution in [2.24, 2.45) is 11.5 Å². The molecule has 0 spiro atoms. The van der Waals surface area contributed by atoms with E-state index in [9.17, 15) is 18.0 Å². The molecule has 9 heteroatoms. The minimum absolute atomic E-state index is 0.000466. The van der Waals surface area contributed by atoms with Gasteiger partial charge in [0.15, 0.2) is 0 Å². The molecule has 1 heterocycles. The highest BCUT2D eigenvalue weighted by atomic mass is 32.2. The number of piperazine rings is 1. The van der Waals surface area contributed by atoms with E-state index in [2.05, 4.69) is 0 Å². The van der Waals surface area contributed by atoms with Crippen molar-refractivity contribution in [3.63, 3.8) is 0 Å². The molecule has 1 fully saturated rings. The van der Waals surface area contributed by atoms with Gasteiger partial charge in [-0.25, -0.2) is 13.2 Å². The summed E-state index contributed by atoms with van der Waals surface area (Å²) in [7, 11) is -4.08. The monoisotopic (exact) mass is 452 g/mol.